The van der Waals surface area contributed by atoms with Gasteiger partial charge in [0.1, 0.15) is 30.5 Å². The predicted octanol–water partition coefficient (Wildman–Crippen LogP) is 5.65. The predicted molar refractivity (Wildman–Crippen MR) is 402 cm³/mol. The third-order valence-corrected chi connectivity index (χ3v) is 22.3. The molecule has 31 heteroatoms. The minimum Gasteiger partial charge on any atom is -0.481 e. The van der Waals surface area contributed by atoms with Gasteiger partial charge in [-0.3, -0.25) is 57.7 Å². The smallest absolute Gasteiger partial charge is 0.407 e. The van der Waals surface area contributed by atoms with Gasteiger partial charge in [-0.2, -0.15) is 0 Å². The number of nitrogens with zero attached hydrogens (tertiary/aromatic N) is 4. The number of aliphatic hydroxyl groups is 1. The maximum absolute atomic E-state index is 14.7. The van der Waals surface area contributed by atoms with E-state index >= 15 is 0 Å². The number of primary amides is 1. The zero-order chi connectivity index (χ0) is 79.7. The Kier molecular flexibility index (Phi) is 35.7. The number of carbonyl (C=O) groups is 12. The third-order valence-electron chi connectivity index (χ3n) is 20.7. The van der Waals surface area contributed by atoms with E-state index in [0.29, 0.717) is 48.3 Å². The van der Waals surface area contributed by atoms with Gasteiger partial charge in [0.05, 0.1) is 60.4 Å². The number of carboxylic acid groups (broad SMARTS) is 1. The standard InChI is InChI=1S/C76H119FN12O17S/c1-16-46(8)66(87(13)73(101)64(44(4)5)85-71(99)65(45(6)7)86(11)12)57(104-14)36-60(92)89-40-53(90)35-56(89)67(105-15)47(9)68(96)81-48(10)54(50-25-27-51(77)28-26-50)39-80-75(103)106-41-49-23-29-52(30-24-49)82-69(97)55(21-20-33-79-74(78)102)83-70(98)63(43(2)3)84-59(91)22-18-17-19-34-88-61(93)37-58(72(88)100)107-42-76(31-32-76)38-62(94)95/h23-30,43-48,53-58,63-67,90H,16-22,31-42H2,1-15H3,(H,80,103)(H,81,96)(H,82,97)(H,83,98)(H,84,91)(H,85,99)(H,94,95)(H3,78,79,102)/t46-,47+,48+,53-,54?,55-,56-,57+,58?,63-,64-,65-,66-,67+/m0/s1. The molecule has 1 aliphatic carbocycles. The molecule has 11 N–H and O–H groups in total. The lowest BCUT2D eigenvalue weighted by Crippen LogP contribution is -2.59. The van der Waals surface area contributed by atoms with Crippen molar-refractivity contribution in [3.05, 3.63) is 65.5 Å². The van der Waals surface area contributed by atoms with E-state index in [0.717, 1.165) is 12.8 Å². The number of carbonyl (C=O) groups excluding carboxylic acids is 11. The summed E-state index contributed by atoms with van der Waals surface area (Å²) in [4.78, 5) is 166. The Balaban J connectivity index is 1.16. The van der Waals surface area contributed by atoms with Crippen LogP contribution < -0.4 is 43.0 Å². The Morgan fingerprint density at radius 3 is 1.99 bits per heavy atom. The number of methoxy groups -OCH3 is 2. The number of imide groups is 1. The van der Waals surface area contributed by atoms with Crippen LogP contribution in [0.1, 0.15) is 170 Å². The molecule has 0 aromatic heterocycles. The monoisotopic (exact) mass is 1520 g/mol. The SMILES string of the molecule is CC[C@H](C)[C@@H]([C@@H](CC(=O)N1C[C@@H](O)C[C@H]1[C@H](OC)[C@@H](C)C(=O)N[C@H](C)C(CNC(=O)OCc1ccc(NC(=O)[C@H](CCCNC(N)=O)NC(=O)[C@@H](NC(=O)CCCCCN2C(=O)CC(SCC3(CC(=O)O)CC3)C2=O)C(C)C)cc1)c1ccc(F)cc1)OC)N(C)C(=O)[C@@H](NC(=O)[C@H](C(C)C)N(C)C)C(C)C. The second-order valence-corrected chi connectivity index (χ2v) is 31.5. The number of aliphatic carboxylic acids is 1. The van der Waals surface area contributed by atoms with E-state index < -0.39 is 137 Å². The van der Waals surface area contributed by atoms with Gasteiger partial charge < -0.3 is 77.2 Å². The fraction of sp³-hybridized carbons (Fsp3) is 0.684. The van der Waals surface area contributed by atoms with E-state index in [1.54, 1.807) is 63.9 Å². The van der Waals surface area contributed by atoms with Gasteiger partial charge in [-0.05, 0) is 130 Å². The quantitative estimate of drug-likeness (QED) is 0.0283. The minimum absolute atomic E-state index is 0.0339. The van der Waals surface area contributed by atoms with Crippen LogP contribution in [0.15, 0.2) is 48.5 Å². The number of anilines is 1. The van der Waals surface area contributed by atoms with Gasteiger partial charge >= 0.3 is 18.1 Å². The summed E-state index contributed by atoms with van der Waals surface area (Å²) in [6, 6.07) is 5.52. The number of halogens is 1. The van der Waals surface area contributed by atoms with Gasteiger partial charge in [0.25, 0.3) is 0 Å². The summed E-state index contributed by atoms with van der Waals surface area (Å²) in [6.07, 6.45) is 0.358. The van der Waals surface area contributed by atoms with E-state index in [2.05, 4.69) is 37.2 Å². The number of thioether (sulfide) groups is 1. The highest BCUT2D eigenvalue weighted by Crippen LogP contribution is 2.52. The summed E-state index contributed by atoms with van der Waals surface area (Å²) in [7, 11) is 8.18. The molecular weight excluding hydrogens is 1400 g/mol. The van der Waals surface area contributed by atoms with Gasteiger partial charge in [0, 0.05) is 83.7 Å². The zero-order valence-electron chi connectivity index (χ0n) is 65.0. The van der Waals surface area contributed by atoms with Crippen LogP contribution in [0.2, 0.25) is 0 Å². The molecule has 5 rings (SSSR count). The van der Waals surface area contributed by atoms with Crippen LogP contribution in [-0.4, -0.2) is 234 Å². The van der Waals surface area contributed by atoms with E-state index in [9.17, 15) is 72.1 Å². The lowest BCUT2D eigenvalue weighted by Gasteiger charge is -2.41. The number of unbranched alkanes of at least 4 members (excludes halogenated alkanes) is 2. The van der Waals surface area contributed by atoms with Crippen LogP contribution in [0.5, 0.6) is 0 Å². The normalized spacial score (nSPS) is 19.3. The first-order valence-electron chi connectivity index (χ1n) is 37.4. The lowest BCUT2D eigenvalue weighted by molar-refractivity contribution is -0.148. The van der Waals surface area contributed by atoms with Crippen molar-refractivity contribution >= 4 is 88.7 Å². The van der Waals surface area contributed by atoms with Gasteiger partial charge in [0.2, 0.25) is 53.2 Å². The minimum atomic E-state index is -1.14. The summed E-state index contributed by atoms with van der Waals surface area (Å²) >= 11 is 1.34. The molecule has 598 valence electrons. The molecule has 14 atom stereocenters. The number of nitrogens with two attached hydrogens (primary N) is 1. The van der Waals surface area contributed by atoms with Crippen LogP contribution in [0.4, 0.5) is 19.7 Å². The fourth-order valence-corrected chi connectivity index (χ4v) is 15.7. The number of hydrogen-bond acceptors (Lipinski definition) is 18. The number of hydrogen-bond donors (Lipinski definition) is 10. The van der Waals surface area contributed by atoms with Crippen molar-refractivity contribution in [3.8, 4) is 0 Å². The highest BCUT2D eigenvalue weighted by atomic mass is 32.2. The molecule has 1 saturated carbocycles. The Labute approximate surface area is 633 Å². The number of aliphatic hydroxyl groups excluding tert-OH is 1. The number of amides is 12. The summed E-state index contributed by atoms with van der Waals surface area (Å²) in [6.45, 7) is 18.3. The lowest BCUT2D eigenvalue weighted by atomic mass is 9.89. The molecule has 12 amide bonds. The molecule has 2 saturated heterocycles. The van der Waals surface area contributed by atoms with Crippen molar-refractivity contribution in [1.29, 1.82) is 0 Å². The Hall–Kier alpha value is -8.00. The molecule has 0 bridgehead atoms. The molecule has 0 radical (unpaired) electrons. The molecule has 2 heterocycles. The molecule has 2 aromatic rings. The average Bonchev–Trinajstić information content (AvgIpc) is 1.66. The van der Waals surface area contributed by atoms with Crippen molar-refractivity contribution < 1.29 is 86.3 Å². The van der Waals surface area contributed by atoms with Crippen LogP contribution in [0.25, 0.3) is 0 Å². The number of nitrogens with one attached hydrogen (secondary N) is 7. The van der Waals surface area contributed by atoms with Gasteiger partial charge in [-0.25, -0.2) is 14.0 Å². The van der Waals surface area contributed by atoms with Crippen molar-refractivity contribution in [3.63, 3.8) is 0 Å². The fourth-order valence-electron chi connectivity index (χ4n) is 14.2. The first-order valence-corrected chi connectivity index (χ1v) is 38.4. The number of ether oxygens (including phenoxy) is 3. The highest BCUT2D eigenvalue weighted by Gasteiger charge is 2.49. The molecular formula is C76H119FN12O17S. The van der Waals surface area contributed by atoms with Crippen molar-refractivity contribution in [2.45, 2.75) is 231 Å². The van der Waals surface area contributed by atoms with Crippen molar-refractivity contribution in [2.75, 3.05) is 72.6 Å². The first kappa shape index (κ1) is 89.6. The maximum Gasteiger partial charge on any atom is 0.407 e. The van der Waals surface area contributed by atoms with E-state index in [1.807, 2.05) is 60.5 Å². The summed E-state index contributed by atoms with van der Waals surface area (Å²) in [5.41, 5.74) is 6.37. The second-order valence-electron chi connectivity index (χ2n) is 30.3. The number of benzene rings is 2. The van der Waals surface area contributed by atoms with E-state index in [4.69, 9.17) is 19.9 Å². The number of alkyl carbamates (subject to hydrolysis) is 1. The first-order chi connectivity index (χ1) is 50.5. The van der Waals surface area contributed by atoms with Crippen LogP contribution >= 0.6 is 11.8 Å². The number of likely N-dealkylation sites (tertiary alicyclic amines) is 2. The highest BCUT2D eigenvalue weighted by molar-refractivity contribution is 8.00. The topological polar surface area (TPSA) is 396 Å². The van der Waals surface area contributed by atoms with Gasteiger partial charge in [0.15, 0.2) is 0 Å². The number of likely N-dealkylation sites (N-methyl/N-ethyl adjacent to an activating group) is 2. The molecule has 3 aliphatic rings. The van der Waals surface area contributed by atoms with E-state index in [1.165, 1.54) is 60.0 Å². The Morgan fingerprint density at radius 1 is 0.766 bits per heavy atom. The zero-order valence-corrected chi connectivity index (χ0v) is 65.9. The van der Waals surface area contributed by atoms with Crippen LogP contribution in [0.3, 0.4) is 0 Å². The van der Waals surface area contributed by atoms with Crippen LogP contribution in [-0.2, 0) is 68.8 Å². The summed E-state index contributed by atoms with van der Waals surface area (Å²) in [5.74, 6) is -7.04. The molecule has 2 unspecified atom stereocenters. The molecule has 3 fully saturated rings. The molecule has 29 nitrogen and oxygen atoms in total. The Morgan fingerprint density at radius 2 is 1.42 bits per heavy atom. The van der Waals surface area contributed by atoms with E-state index in [-0.39, 0.29) is 125 Å². The maximum atomic E-state index is 14.7. The number of β-amino-alcohol motifs (C(OH)–C–C–N with tert-alkyl or cyclic N) is 1. The van der Waals surface area contributed by atoms with Gasteiger partial charge in [-0.1, -0.05) is 99.4 Å². The third kappa shape index (κ3) is 27.0. The van der Waals surface area contributed by atoms with Gasteiger partial charge in [-0.15, -0.1) is 11.8 Å². The summed E-state index contributed by atoms with van der Waals surface area (Å²) < 4.78 is 32.0. The molecule has 0 spiro atoms. The molecule has 2 aromatic carbocycles. The summed E-state index contributed by atoms with van der Waals surface area (Å²) in [5, 5.41) is 39.5. The number of urea groups is 1. The average molecular weight is 1520 g/mol. The Bertz CT molecular complexity index is 3320. The molecule has 2 aliphatic heterocycles. The largest absolute Gasteiger partial charge is 0.481 e. The van der Waals surface area contributed by atoms with Crippen molar-refractivity contribution in [1.82, 2.24) is 51.5 Å². The number of carboxylic acids is 1. The number of rotatable bonds is 45. The molecule has 107 heavy (non-hydrogen) atoms. The second kappa shape index (κ2) is 42.7. The van der Waals surface area contributed by atoms with Crippen LogP contribution in [0, 0.1) is 40.8 Å². The van der Waals surface area contributed by atoms with Crippen molar-refractivity contribution in [2.24, 2.45) is 40.7 Å².